The molecule has 2 heteroatoms. The molecule has 1 heterocycles. The van der Waals surface area contributed by atoms with Crippen molar-refractivity contribution in [2.24, 2.45) is 0 Å². The van der Waals surface area contributed by atoms with E-state index in [1.54, 1.807) is 0 Å². The second kappa shape index (κ2) is 3.78. The zero-order valence-corrected chi connectivity index (χ0v) is 5.35. The first-order chi connectivity index (χ1) is 2.50. The van der Waals surface area contributed by atoms with Crippen LogP contribution in [-0.2, 0) is 0 Å². The molecule has 6 heavy (non-hydrogen) atoms. The average Bonchev–Trinajstić information content (AvgIpc) is 1.76. The maximum atomic E-state index is 3.05. The molecule has 1 aromatic rings. The molecule has 1 rings (SSSR count). The van der Waals surface area contributed by atoms with Crippen molar-refractivity contribution in [3.63, 3.8) is 0 Å². The van der Waals surface area contributed by atoms with Crippen LogP contribution in [0, 0.1) is 4.94 Å². The van der Waals surface area contributed by atoms with Crippen molar-refractivity contribution in [3.8, 4) is 0 Å². The van der Waals surface area contributed by atoms with Crippen LogP contribution in [0.15, 0.2) is 17.1 Å². The predicted molar refractivity (Wildman–Crippen MR) is 22.2 cm³/mol. The van der Waals surface area contributed by atoms with Crippen molar-refractivity contribution >= 4 is 14.5 Å². The third-order valence-corrected chi connectivity index (χ3v) is 1.57. The van der Waals surface area contributed by atoms with Crippen molar-refractivity contribution in [1.29, 1.82) is 0 Å². The van der Waals surface area contributed by atoms with Gasteiger partial charge in [0.05, 0.1) is 0 Å². The monoisotopic (exact) mass is 138 g/mol. The molecule has 26 valence electrons. The van der Waals surface area contributed by atoms with Crippen LogP contribution < -0.4 is 18.9 Å². The van der Waals surface area contributed by atoms with Crippen molar-refractivity contribution in [1.82, 2.24) is 0 Å². The zero-order valence-electron chi connectivity index (χ0n) is 3.64. The third kappa shape index (κ3) is 1.90. The topological polar surface area (TPSA) is 0 Å². The molecule has 0 aliphatic carbocycles. The van der Waals surface area contributed by atoms with Gasteiger partial charge in [0.15, 0.2) is 0 Å². The van der Waals surface area contributed by atoms with E-state index in [-0.39, 0.29) is 18.9 Å². The molecule has 0 amide bonds. The Morgan fingerprint density at radius 2 is 2.33 bits per heavy atom. The van der Waals surface area contributed by atoms with Gasteiger partial charge < -0.3 is 0 Å². The van der Waals surface area contributed by atoms with E-state index in [1.807, 2.05) is 12.1 Å². The second-order valence-corrected chi connectivity index (χ2v) is 2.29. The van der Waals surface area contributed by atoms with Gasteiger partial charge in [0.1, 0.15) is 0 Å². The Labute approximate surface area is 55.5 Å². The molecule has 0 radical (unpaired) electrons. The van der Waals surface area contributed by atoms with E-state index < -0.39 is 0 Å². The Morgan fingerprint density at radius 1 is 1.50 bits per heavy atom. The molecule has 0 nitrogen and oxygen atoms in total. The van der Waals surface area contributed by atoms with E-state index in [9.17, 15) is 0 Å². The summed E-state index contributed by atoms with van der Waals surface area (Å²) in [4.78, 5) is 5.18. The fourth-order valence-electron chi connectivity index (χ4n) is 0.196. The quantitative estimate of drug-likeness (QED) is 0.275. The first kappa shape index (κ1) is 6.60. The van der Waals surface area contributed by atoms with Crippen molar-refractivity contribution in [2.45, 2.75) is 0 Å². The molecular weight excluding hydrogens is 134 g/mol. The van der Waals surface area contributed by atoms with Crippen LogP contribution >= 0.6 is 0 Å². The van der Waals surface area contributed by atoms with Crippen LogP contribution in [0.3, 0.4) is 0 Å². The fourth-order valence-corrected chi connectivity index (χ4v) is 1.02. The van der Waals surface area contributed by atoms with Gasteiger partial charge in [-0.15, -0.1) is 0 Å². The molecule has 0 aromatic carbocycles. The summed E-state index contributed by atoms with van der Waals surface area (Å²) in [6, 6.07) is 3.99. The summed E-state index contributed by atoms with van der Waals surface area (Å²) in [6.45, 7) is 0. The van der Waals surface area contributed by atoms with Crippen LogP contribution in [0.25, 0.3) is 0 Å². The van der Waals surface area contributed by atoms with Crippen LogP contribution in [0.5, 0.6) is 0 Å². The Morgan fingerprint density at radius 3 is 2.50 bits per heavy atom. The molecule has 0 saturated carbocycles. The maximum absolute atomic E-state index is 3.05. The summed E-state index contributed by atoms with van der Waals surface area (Å²) in [5.41, 5.74) is 0. The summed E-state index contributed by atoms with van der Waals surface area (Å²) in [7, 11) is 0. The molecular formula is C4H3LiSe. The first-order valence-electron chi connectivity index (χ1n) is 1.40. The fraction of sp³-hybridized carbons (Fsp3) is 0. The molecule has 0 bridgehead atoms. The Balaban J connectivity index is 0.000000250. The molecule has 0 spiro atoms. The van der Waals surface area contributed by atoms with E-state index in [2.05, 4.69) is 9.88 Å². The zero-order chi connectivity index (χ0) is 3.54. The van der Waals surface area contributed by atoms with Crippen LogP contribution in [0.1, 0.15) is 0 Å². The molecule has 0 aliphatic heterocycles. The third-order valence-electron chi connectivity index (χ3n) is 0.379. The van der Waals surface area contributed by atoms with E-state index in [1.165, 1.54) is 0 Å². The van der Waals surface area contributed by atoms with Crippen LogP contribution in [0.4, 0.5) is 0 Å². The van der Waals surface area contributed by atoms with Gasteiger partial charge in [0, 0.05) is 0 Å². The molecule has 0 aliphatic rings. The van der Waals surface area contributed by atoms with Crippen LogP contribution in [-0.4, -0.2) is 14.5 Å². The van der Waals surface area contributed by atoms with Gasteiger partial charge in [-0.2, -0.15) is 0 Å². The normalized spacial score (nSPS) is 6.67. The minimum atomic E-state index is 0. The Bertz CT molecular complexity index is 64.0. The van der Waals surface area contributed by atoms with E-state index in [4.69, 9.17) is 0 Å². The second-order valence-electron chi connectivity index (χ2n) is 0.731. The summed E-state index contributed by atoms with van der Waals surface area (Å²) >= 11 is 0.583. The van der Waals surface area contributed by atoms with Gasteiger partial charge in [-0.3, -0.25) is 0 Å². The standard InChI is InChI=1S/C4H3Se.Li/c1-2-4-5-3-1;/h1-3H;/q-1;+1. The summed E-state index contributed by atoms with van der Waals surface area (Å²) in [5.74, 6) is 0. The minimum absolute atomic E-state index is 0. The van der Waals surface area contributed by atoms with Gasteiger partial charge >= 0.3 is 55.4 Å². The molecule has 0 N–H and O–H groups in total. The van der Waals surface area contributed by atoms with Gasteiger partial charge in [0.25, 0.3) is 0 Å². The van der Waals surface area contributed by atoms with Gasteiger partial charge in [-0.05, 0) is 0 Å². The van der Waals surface area contributed by atoms with Crippen molar-refractivity contribution in [3.05, 3.63) is 22.0 Å². The van der Waals surface area contributed by atoms with E-state index in [0.29, 0.717) is 14.5 Å². The van der Waals surface area contributed by atoms with Gasteiger partial charge in [-0.25, -0.2) is 0 Å². The Kier molecular flexibility index (Phi) is 4.15. The van der Waals surface area contributed by atoms with E-state index in [0.717, 1.165) is 0 Å². The summed E-state index contributed by atoms with van der Waals surface area (Å²) in [5, 5.41) is 0. The first-order valence-corrected chi connectivity index (χ1v) is 3.24. The molecule has 0 fully saturated rings. The van der Waals surface area contributed by atoms with E-state index >= 15 is 0 Å². The summed E-state index contributed by atoms with van der Waals surface area (Å²) in [6.07, 6.45) is 0. The summed E-state index contributed by atoms with van der Waals surface area (Å²) < 4.78 is 0. The van der Waals surface area contributed by atoms with Gasteiger partial charge in [0.2, 0.25) is 0 Å². The van der Waals surface area contributed by atoms with Crippen molar-refractivity contribution < 1.29 is 18.9 Å². The molecule has 0 atom stereocenters. The van der Waals surface area contributed by atoms with Crippen LogP contribution in [0.2, 0.25) is 0 Å². The number of hydrogen-bond donors (Lipinski definition) is 0. The molecule has 0 unspecified atom stereocenters. The van der Waals surface area contributed by atoms with Crippen molar-refractivity contribution in [2.75, 3.05) is 0 Å². The van der Waals surface area contributed by atoms with Gasteiger partial charge in [-0.1, -0.05) is 0 Å². The number of rotatable bonds is 0. The average molecular weight is 137 g/mol. The number of hydrogen-bond acceptors (Lipinski definition) is 0. The molecule has 1 aromatic heterocycles. The Hall–Kier alpha value is 0.597. The SMILES string of the molecule is [Li+].[c-]1ccc[se]1. The molecule has 0 saturated heterocycles. The predicted octanol–water partition coefficient (Wildman–Crippen LogP) is -2.45.